The van der Waals surface area contributed by atoms with Crippen LogP contribution in [-0.4, -0.2) is 9.97 Å². The van der Waals surface area contributed by atoms with Gasteiger partial charge in [-0.05, 0) is 56.1 Å². The molecular formula is C16H10Br2N2O. The number of hydrogen-bond donors (Lipinski definition) is 0. The van der Waals surface area contributed by atoms with Gasteiger partial charge in [0, 0.05) is 11.6 Å². The summed E-state index contributed by atoms with van der Waals surface area (Å²) in [5, 5.41) is 0. The monoisotopic (exact) mass is 404 g/mol. The van der Waals surface area contributed by atoms with E-state index in [0.29, 0.717) is 5.82 Å². The Balaban J connectivity index is 1.93. The predicted octanol–water partition coefficient (Wildman–Crippen LogP) is 5.46. The molecule has 2 aromatic carbocycles. The molecule has 0 unspecified atom stereocenters. The molecule has 1 heterocycles. The van der Waals surface area contributed by atoms with Gasteiger partial charge in [0.1, 0.15) is 20.7 Å². The van der Waals surface area contributed by atoms with E-state index >= 15 is 0 Å². The van der Waals surface area contributed by atoms with Crippen molar-refractivity contribution in [3.63, 3.8) is 0 Å². The van der Waals surface area contributed by atoms with Gasteiger partial charge in [0.2, 0.25) is 0 Å². The van der Waals surface area contributed by atoms with Crippen LogP contribution in [0.5, 0.6) is 11.5 Å². The molecule has 3 nitrogen and oxygen atoms in total. The van der Waals surface area contributed by atoms with E-state index in [0.717, 1.165) is 26.3 Å². The Morgan fingerprint density at radius 3 is 2.10 bits per heavy atom. The summed E-state index contributed by atoms with van der Waals surface area (Å²) in [4.78, 5) is 8.74. The SMILES string of the molecule is Brc1cc(Br)nc(-c2cccc(Oc3ccccc3)c2)n1. The molecule has 0 aliphatic heterocycles. The van der Waals surface area contributed by atoms with E-state index < -0.39 is 0 Å². The third-order valence-electron chi connectivity index (χ3n) is 2.73. The third-order valence-corrected chi connectivity index (χ3v) is 3.55. The van der Waals surface area contributed by atoms with Gasteiger partial charge in [-0.25, -0.2) is 9.97 Å². The fourth-order valence-electron chi connectivity index (χ4n) is 1.84. The molecule has 3 rings (SSSR count). The number of ether oxygens (including phenoxy) is 1. The molecule has 0 aliphatic rings. The van der Waals surface area contributed by atoms with Gasteiger partial charge in [-0.15, -0.1) is 0 Å². The van der Waals surface area contributed by atoms with Gasteiger partial charge < -0.3 is 4.74 Å². The summed E-state index contributed by atoms with van der Waals surface area (Å²) < 4.78 is 7.28. The molecule has 0 spiro atoms. The number of hydrogen-bond acceptors (Lipinski definition) is 3. The molecule has 0 bridgehead atoms. The number of benzene rings is 2. The summed E-state index contributed by atoms with van der Waals surface area (Å²) >= 11 is 6.74. The molecule has 0 atom stereocenters. The lowest BCUT2D eigenvalue weighted by Gasteiger charge is -2.07. The first-order chi connectivity index (χ1) is 10.2. The van der Waals surface area contributed by atoms with Crippen molar-refractivity contribution in [2.24, 2.45) is 0 Å². The topological polar surface area (TPSA) is 35.0 Å². The highest BCUT2D eigenvalue weighted by molar-refractivity contribution is 9.11. The second kappa shape index (κ2) is 6.37. The molecule has 3 aromatic rings. The van der Waals surface area contributed by atoms with Gasteiger partial charge in [0.15, 0.2) is 5.82 Å². The van der Waals surface area contributed by atoms with Gasteiger partial charge in [-0.3, -0.25) is 0 Å². The van der Waals surface area contributed by atoms with Crippen LogP contribution in [0.2, 0.25) is 0 Å². The Bertz CT molecular complexity index is 743. The quantitative estimate of drug-likeness (QED) is 0.542. The molecule has 5 heteroatoms. The molecule has 21 heavy (non-hydrogen) atoms. The smallest absolute Gasteiger partial charge is 0.161 e. The first-order valence-electron chi connectivity index (χ1n) is 6.24. The van der Waals surface area contributed by atoms with Crippen LogP contribution in [0.4, 0.5) is 0 Å². The Labute approximate surface area is 139 Å². The Morgan fingerprint density at radius 2 is 1.38 bits per heavy atom. The van der Waals surface area contributed by atoms with Crippen LogP contribution in [-0.2, 0) is 0 Å². The first kappa shape index (κ1) is 14.2. The maximum absolute atomic E-state index is 5.82. The molecule has 0 N–H and O–H groups in total. The maximum atomic E-state index is 5.82. The van der Waals surface area contributed by atoms with E-state index in [-0.39, 0.29) is 0 Å². The lowest BCUT2D eigenvalue weighted by atomic mass is 10.2. The number of aromatic nitrogens is 2. The van der Waals surface area contributed by atoms with Crippen molar-refractivity contribution < 1.29 is 4.74 Å². The number of halogens is 2. The largest absolute Gasteiger partial charge is 0.457 e. The van der Waals surface area contributed by atoms with Crippen molar-refractivity contribution in [3.05, 3.63) is 69.9 Å². The zero-order valence-electron chi connectivity index (χ0n) is 10.8. The van der Waals surface area contributed by atoms with E-state index in [2.05, 4.69) is 41.8 Å². The minimum Gasteiger partial charge on any atom is -0.457 e. The highest BCUT2D eigenvalue weighted by Gasteiger charge is 2.06. The predicted molar refractivity (Wildman–Crippen MR) is 89.4 cm³/mol. The molecule has 0 saturated carbocycles. The van der Waals surface area contributed by atoms with Crippen LogP contribution >= 0.6 is 31.9 Å². The van der Waals surface area contributed by atoms with Crippen LogP contribution in [0.3, 0.4) is 0 Å². The molecule has 0 amide bonds. The summed E-state index contributed by atoms with van der Waals surface area (Å²) in [5.41, 5.74) is 0.894. The van der Waals surface area contributed by atoms with Crippen molar-refractivity contribution in [2.45, 2.75) is 0 Å². The zero-order valence-corrected chi connectivity index (χ0v) is 14.0. The van der Waals surface area contributed by atoms with E-state index in [1.165, 1.54) is 0 Å². The average molecular weight is 406 g/mol. The Morgan fingerprint density at radius 1 is 0.714 bits per heavy atom. The molecule has 0 saturated heterocycles. The standard InChI is InChI=1S/C16H10Br2N2O/c17-14-10-15(18)20-16(19-14)11-5-4-8-13(9-11)21-12-6-2-1-3-7-12/h1-10H. The summed E-state index contributed by atoms with van der Waals surface area (Å²) in [6, 6.07) is 19.2. The molecule has 0 fully saturated rings. The first-order valence-corrected chi connectivity index (χ1v) is 7.83. The average Bonchev–Trinajstić information content (AvgIpc) is 2.47. The van der Waals surface area contributed by atoms with Crippen LogP contribution in [0, 0.1) is 0 Å². The second-order valence-corrected chi connectivity index (χ2v) is 5.90. The molecule has 1 aromatic heterocycles. The van der Waals surface area contributed by atoms with Crippen molar-refractivity contribution in [1.29, 1.82) is 0 Å². The van der Waals surface area contributed by atoms with Crippen LogP contribution in [0.1, 0.15) is 0 Å². The number of rotatable bonds is 3. The second-order valence-electron chi connectivity index (χ2n) is 4.28. The fraction of sp³-hybridized carbons (Fsp3) is 0. The van der Waals surface area contributed by atoms with Gasteiger partial charge in [0.05, 0.1) is 0 Å². The summed E-state index contributed by atoms with van der Waals surface area (Å²) in [6.07, 6.45) is 0. The minimum atomic E-state index is 0.634. The zero-order chi connectivity index (χ0) is 14.7. The van der Waals surface area contributed by atoms with Crippen molar-refractivity contribution in [3.8, 4) is 22.9 Å². The normalized spacial score (nSPS) is 10.4. The van der Waals surface area contributed by atoms with Gasteiger partial charge >= 0.3 is 0 Å². The van der Waals surface area contributed by atoms with Crippen molar-refractivity contribution >= 4 is 31.9 Å². The van der Waals surface area contributed by atoms with Gasteiger partial charge in [-0.2, -0.15) is 0 Å². The molecule has 104 valence electrons. The van der Waals surface area contributed by atoms with Crippen LogP contribution < -0.4 is 4.74 Å². The summed E-state index contributed by atoms with van der Waals surface area (Å²) in [6.45, 7) is 0. The number of para-hydroxylation sites is 1. The van der Waals surface area contributed by atoms with Gasteiger partial charge in [-0.1, -0.05) is 30.3 Å². The van der Waals surface area contributed by atoms with Crippen LogP contribution in [0.15, 0.2) is 69.9 Å². The van der Waals surface area contributed by atoms with Crippen LogP contribution in [0.25, 0.3) is 11.4 Å². The van der Waals surface area contributed by atoms with E-state index in [9.17, 15) is 0 Å². The minimum absolute atomic E-state index is 0.634. The lowest BCUT2D eigenvalue weighted by Crippen LogP contribution is -1.91. The lowest BCUT2D eigenvalue weighted by molar-refractivity contribution is 0.483. The molecular weight excluding hydrogens is 396 g/mol. The van der Waals surface area contributed by atoms with Crippen molar-refractivity contribution in [2.75, 3.05) is 0 Å². The number of nitrogens with zero attached hydrogens (tertiary/aromatic N) is 2. The van der Waals surface area contributed by atoms with Gasteiger partial charge in [0.25, 0.3) is 0 Å². The Hall–Kier alpha value is -1.72. The molecule has 0 aliphatic carbocycles. The van der Waals surface area contributed by atoms with Crippen molar-refractivity contribution in [1.82, 2.24) is 9.97 Å². The van der Waals surface area contributed by atoms with E-state index in [4.69, 9.17) is 4.74 Å². The third kappa shape index (κ3) is 3.68. The summed E-state index contributed by atoms with van der Waals surface area (Å²) in [7, 11) is 0. The highest BCUT2D eigenvalue weighted by atomic mass is 79.9. The summed E-state index contributed by atoms with van der Waals surface area (Å²) in [5.74, 6) is 2.18. The highest BCUT2D eigenvalue weighted by Crippen LogP contribution is 2.27. The Kier molecular flexibility index (Phi) is 4.31. The van der Waals surface area contributed by atoms with E-state index in [1.54, 1.807) is 6.07 Å². The molecule has 0 radical (unpaired) electrons. The van der Waals surface area contributed by atoms with E-state index in [1.807, 2.05) is 54.6 Å². The fourth-order valence-corrected chi connectivity index (χ4v) is 2.92. The maximum Gasteiger partial charge on any atom is 0.161 e.